The summed E-state index contributed by atoms with van der Waals surface area (Å²) in [6.07, 6.45) is 7.46. The number of unbranched alkanes of at least 4 members (excludes halogenated alkanes) is 3. The molecule has 0 fully saturated rings. The van der Waals surface area contributed by atoms with Crippen LogP contribution in [0.5, 0.6) is 0 Å². The number of hydrogen-bond acceptors (Lipinski definition) is 4. The van der Waals surface area contributed by atoms with Crippen LogP contribution in [0.1, 0.15) is 39.5 Å². The van der Waals surface area contributed by atoms with Gasteiger partial charge >= 0.3 is 0 Å². The summed E-state index contributed by atoms with van der Waals surface area (Å²) < 4.78 is 0. The van der Waals surface area contributed by atoms with E-state index in [9.17, 15) is 9.59 Å². The van der Waals surface area contributed by atoms with Crippen molar-refractivity contribution in [2.75, 3.05) is 6.61 Å². The normalized spacial score (nSPS) is 11.8. The average Bonchev–Trinajstić information content (AvgIpc) is 2.28. The quantitative estimate of drug-likeness (QED) is 0.392. The molecule has 0 amide bonds. The maximum atomic E-state index is 10.4. The van der Waals surface area contributed by atoms with E-state index < -0.39 is 12.7 Å². The Labute approximate surface area is 97.0 Å². The molecule has 0 aromatic heterocycles. The third-order valence-electron chi connectivity index (χ3n) is 1.67. The molecule has 0 aromatic carbocycles. The molecule has 4 heteroatoms. The van der Waals surface area contributed by atoms with Gasteiger partial charge in [0.1, 0.15) is 6.10 Å². The van der Waals surface area contributed by atoms with E-state index in [0.717, 1.165) is 6.42 Å². The molecule has 0 rings (SSSR count). The van der Waals surface area contributed by atoms with Gasteiger partial charge < -0.3 is 15.0 Å². The van der Waals surface area contributed by atoms with Crippen LogP contribution in [0.4, 0.5) is 0 Å². The van der Waals surface area contributed by atoms with E-state index >= 15 is 0 Å². The molecule has 0 aromatic rings. The second-order valence-corrected chi connectivity index (χ2v) is 3.39. The van der Waals surface area contributed by atoms with Crippen molar-refractivity contribution < 1.29 is 19.8 Å². The van der Waals surface area contributed by atoms with E-state index in [0.29, 0.717) is 0 Å². The van der Waals surface area contributed by atoms with Gasteiger partial charge in [0.25, 0.3) is 0 Å². The lowest BCUT2D eigenvalue weighted by molar-refractivity contribution is -0.116. The van der Waals surface area contributed by atoms with Gasteiger partial charge in [0.15, 0.2) is 12.1 Å². The summed E-state index contributed by atoms with van der Waals surface area (Å²) >= 11 is 0. The molecule has 1 atom stereocenters. The summed E-state index contributed by atoms with van der Waals surface area (Å²) in [6, 6.07) is 0. The first-order valence-corrected chi connectivity index (χ1v) is 5.49. The topological polar surface area (TPSA) is 74.6 Å². The first-order chi connectivity index (χ1) is 7.58. The number of aldehydes is 1. The monoisotopic (exact) mass is 230 g/mol. The zero-order chi connectivity index (χ0) is 12.8. The maximum absolute atomic E-state index is 10.4. The summed E-state index contributed by atoms with van der Waals surface area (Å²) in [6.45, 7) is 3.27. The third kappa shape index (κ3) is 18.7. The van der Waals surface area contributed by atoms with Crippen LogP contribution in [-0.2, 0) is 9.59 Å². The molecule has 0 spiro atoms. The third-order valence-corrected chi connectivity index (χ3v) is 1.67. The molecule has 0 heterocycles. The van der Waals surface area contributed by atoms with Crippen molar-refractivity contribution in [1.82, 2.24) is 0 Å². The average molecular weight is 230 g/mol. The number of rotatable bonds is 7. The molecule has 0 radical (unpaired) electrons. The highest BCUT2D eigenvalue weighted by atomic mass is 16.3. The molecule has 0 saturated heterocycles. The second-order valence-electron chi connectivity index (χ2n) is 3.39. The molecule has 94 valence electrons. The van der Waals surface area contributed by atoms with Crippen LogP contribution in [0.15, 0.2) is 12.2 Å². The van der Waals surface area contributed by atoms with Crippen molar-refractivity contribution in [1.29, 1.82) is 0 Å². The minimum absolute atomic E-state index is 0.150. The van der Waals surface area contributed by atoms with Crippen molar-refractivity contribution in [3.63, 3.8) is 0 Å². The minimum Gasteiger partial charge on any atom is -0.393 e. The predicted octanol–water partition coefficient (Wildman–Crippen LogP) is 1.25. The van der Waals surface area contributed by atoms with Crippen molar-refractivity contribution in [3.8, 4) is 0 Å². The number of aliphatic hydroxyl groups excluding tert-OH is 2. The molecular weight excluding hydrogens is 208 g/mol. The van der Waals surface area contributed by atoms with E-state index in [1.54, 1.807) is 13.0 Å². The fraction of sp³-hybridized carbons (Fsp3) is 0.667. The Morgan fingerprint density at radius 1 is 1.38 bits per heavy atom. The maximum Gasteiger partial charge on any atom is 0.152 e. The van der Waals surface area contributed by atoms with Crippen LogP contribution in [-0.4, -0.2) is 35.0 Å². The number of allylic oxidation sites excluding steroid dienone is 2. The van der Waals surface area contributed by atoms with Crippen molar-refractivity contribution >= 4 is 12.1 Å². The molecule has 0 aliphatic rings. The Bertz CT molecular complexity index is 199. The lowest BCUT2D eigenvalue weighted by Crippen LogP contribution is -2.12. The molecule has 1 unspecified atom stereocenters. The van der Waals surface area contributed by atoms with Gasteiger partial charge in [-0.1, -0.05) is 25.8 Å². The standard InChI is InChI=1S/C9H16O.C3H6O3/c1-3-4-5-6-7-8-9(2)10;4-1-3(6)2-5/h7-8H,3-6H2,1-2H3;1,3,5-6H,2H2. The Morgan fingerprint density at radius 3 is 2.31 bits per heavy atom. The van der Waals surface area contributed by atoms with Gasteiger partial charge in [0.2, 0.25) is 0 Å². The minimum atomic E-state index is -1.19. The second kappa shape index (κ2) is 14.0. The highest BCUT2D eigenvalue weighted by Crippen LogP contribution is 1.99. The molecule has 2 N–H and O–H groups in total. The van der Waals surface area contributed by atoms with Crippen LogP contribution < -0.4 is 0 Å². The van der Waals surface area contributed by atoms with Gasteiger partial charge in [-0.25, -0.2) is 0 Å². The number of hydrogen-bond donors (Lipinski definition) is 2. The van der Waals surface area contributed by atoms with Gasteiger partial charge in [0, 0.05) is 0 Å². The van der Waals surface area contributed by atoms with Crippen LogP contribution in [0, 0.1) is 0 Å². The van der Waals surface area contributed by atoms with E-state index in [1.165, 1.54) is 19.3 Å². The van der Waals surface area contributed by atoms with E-state index in [4.69, 9.17) is 10.2 Å². The number of ketones is 1. The van der Waals surface area contributed by atoms with Crippen molar-refractivity contribution in [2.45, 2.75) is 45.6 Å². The first-order valence-electron chi connectivity index (χ1n) is 5.49. The molecule has 4 nitrogen and oxygen atoms in total. The summed E-state index contributed by atoms with van der Waals surface area (Å²) in [4.78, 5) is 19.7. The van der Waals surface area contributed by atoms with Gasteiger partial charge in [-0.3, -0.25) is 4.79 Å². The zero-order valence-electron chi connectivity index (χ0n) is 10.1. The Morgan fingerprint density at radius 2 is 2.00 bits per heavy atom. The van der Waals surface area contributed by atoms with Crippen molar-refractivity contribution in [3.05, 3.63) is 12.2 Å². The molecule has 0 aliphatic heterocycles. The highest BCUT2D eigenvalue weighted by Gasteiger charge is 1.92. The molecule has 16 heavy (non-hydrogen) atoms. The van der Waals surface area contributed by atoms with E-state index in [-0.39, 0.29) is 12.1 Å². The SMILES string of the molecule is CCCCCC=CC(C)=O.O=CC(O)CO. The highest BCUT2D eigenvalue weighted by molar-refractivity contribution is 5.87. The van der Waals surface area contributed by atoms with Crippen LogP contribution >= 0.6 is 0 Å². The molecule has 0 aliphatic carbocycles. The number of aliphatic hydroxyl groups is 2. The van der Waals surface area contributed by atoms with Gasteiger partial charge in [0.05, 0.1) is 6.61 Å². The lowest BCUT2D eigenvalue weighted by atomic mass is 10.2. The fourth-order valence-electron chi connectivity index (χ4n) is 0.805. The van der Waals surface area contributed by atoms with Crippen molar-refractivity contribution in [2.24, 2.45) is 0 Å². The zero-order valence-corrected chi connectivity index (χ0v) is 10.1. The summed E-state index contributed by atoms with van der Waals surface area (Å²) in [5, 5.41) is 15.9. The fourth-order valence-corrected chi connectivity index (χ4v) is 0.805. The van der Waals surface area contributed by atoms with Gasteiger partial charge in [-0.15, -0.1) is 0 Å². The Hall–Kier alpha value is -1.00. The lowest BCUT2D eigenvalue weighted by Gasteiger charge is -1.89. The summed E-state index contributed by atoms with van der Waals surface area (Å²) in [5.74, 6) is 0.150. The Balaban J connectivity index is 0. The summed E-state index contributed by atoms with van der Waals surface area (Å²) in [7, 11) is 0. The largest absolute Gasteiger partial charge is 0.393 e. The van der Waals surface area contributed by atoms with Crippen LogP contribution in [0.2, 0.25) is 0 Å². The van der Waals surface area contributed by atoms with E-state index in [2.05, 4.69) is 6.92 Å². The first kappa shape index (κ1) is 17.4. The summed E-state index contributed by atoms with van der Waals surface area (Å²) in [5.41, 5.74) is 0. The number of carbonyl (C=O) groups is 2. The number of carbonyl (C=O) groups excluding carboxylic acids is 2. The van der Waals surface area contributed by atoms with Gasteiger partial charge in [-0.05, 0) is 25.8 Å². The Kier molecular flexibility index (Phi) is 15.2. The van der Waals surface area contributed by atoms with Gasteiger partial charge in [-0.2, -0.15) is 0 Å². The predicted molar refractivity (Wildman–Crippen MR) is 63.1 cm³/mol. The van der Waals surface area contributed by atoms with E-state index in [1.807, 2.05) is 6.08 Å². The molecule has 0 saturated carbocycles. The smallest absolute Gasteiger partial charge is 0.152 e. The van der Waals surface area contributed by atoms with Crippen LogP contribution in [0.25, 0.3) is 0 Å². The molecular formula is C12H22O4. The molecule has 0 bridgehead atoms. The van der Waals surface area contributed by atoms with Crippen LogP contribution in [0.3, 0.4) is 0 Å².